The van der Waals surface area contributed by atoms with Gasteiger partial charge in [-0.15, -0.1) is 0 Å². The molecule has 1 unspecified atom stereocenters. The van der Waals surface area contributed by atoms with Gasteiger partial charge in [0.15, 0.2) is 0 Å². The highest BCUT2D eigenvalue weighted by Gasteiger charge is 2.22. The zero-order valence-electron chi connectivity index (χ0n) is 12.5. The molecule has 0 aliphatic carbocycles. The molecule has 1 rings (SSSR count). The third-order valence-electron chi connectivity index (χ3n) is 2.91. The van der Waals surface area contributed by atoms with Crippen LogP contribution in [0.25, 0.3) is 0 Å². The van der Waals surface area contributed by atoms with Gasteiger partial charge in [0, 0.05) is 18.4 Å². The molecule has 122 valence electrons. The molecule has 0 saturated heterocycles. The lowest BCUT2D eigenvalue weighted by molar-refractivity contribution is -0.134. The van der Waals surface area contributed by atoms with Gasteiger partial charge in [0.05, 0.1) is 6.42 Å². The molecule has 2 amide bonds. The van der Waals surface area contributed by atoms with E-state index in [0.717, 1.165) is 17.1 Å². The summed E-state index contributed by atoms with van der Waals surface area (Å²) < 4.78 is 0. The quantitative estimate of drug-likeness (QED) is 0.381. The molecule has 2 atom stereocenters. The minimum Gasteiger partial charge on any atom is -0.382 e. The molecule has 0 radical (unpaired) electrons. The van der Waals surface area contributed by atoms with Crippen LogP contribution in [0.15, 0.2) is 24.5 Å². The molecule has 0 aliphatic rings. The van der Waals surface area contributed by atoms with E-state index in [9.17, 15) is 14.7 Å². The largest absolute Gasteiger partial charge is 0.382 e. The first-order valence-corrected chi connectivity index (χ1v) is 8.19. The maximum Gasteiger partial charge on any atom is 0.268 e. The molecule has 0 aromatic carbocycles. The van der Waals surface area contributed by atoms with E-state index in [1.165, 1.54) is 0 Å². The van der Waals surface area contributed by atoms with Gasteiger partial charge in [-0.25, -0.2) is 0 Å². The molecule has 1 aromatic heterocycles. The summed E-state index contributed by atoms with van der Waals surface area (Å²) in [4.78, 5) is 27.2. The van der Waals surface area contributed by atoms with Gasteiger partial charge in [0.2, 0.25) is 5.91 Å². The fraction of sp³-hybridized carbons (Fsp3) is 0.500. The van der Waals surface area contributed by atoms with Crippen LogP contribution in [0.3, 0.4) is 0 Å². The number of carbonyl (C=O) groups is 2. The first-order chi connectivity index (χ1) is 10.5. The fourth-order valence-corrected chi connectivity index (χ4v) is 2.38. The molecule has 8 heteroatoms. The topological polar surface area (TPSA) is 117 Å². The fourth-order valence-electron chi connectivity index (χ4n) is 1.65. The number of aromatic nitrogens is 1. The van der Waals surface area contributed by atoms with Crippen LogP contribution in [0, 0.1) is 0 Å². The van der Waals surface area contributed by atoms with Crippen LogP contribution in [-0.2, 0) is 16.0 Å². The molecule has 0 fully saturated rings. The number of nitrogens with one attached hydrogen (secondary N) is 2. The van der Waals surface area contributed by atoms with Crippen LogP contribution >= 0.6 is 11.8 Å². The third-order valence-corrected chi connectivity index (χ3v) is 3.85. The highest BCUT2D eigenvalue weighted by Crippen LogP contribution is 2.05. The molecule has 1 aromatic rings. The van der Waals surface area contributed by atoms with Crippen molar-refractivity contribution in [3.8, 4) is 0 Å². The van der Waals surface area contributed by atoms with Crippen LogP contribution in [0.2, 0.25) is 0 Å². The number of hydrogen-bond acceptors (Lipinski definition) is 6. The highest BCUT2D eigenvalue weighted by atomic mass is 32.2. The Morgan fingerprint density at radius 1 is 1.36 bits per heavy atom. The second-order valence-corrected chi connectivity index (χ2v) is 6.06. The number of nitrogens with two attached hydrogens (primary N) is 1. The van der Waals surface area contributed by atoms with Gasteiger partial charge >= 0.3 is 0 Å². The first-order valence-electron chi connectivity index (χ1n) is 7.03. The summed E-state index contributed by atoms with van der Waals surface area (Å²) in [6.45, 7) is 2.03. The summed E-state index contributed by atoms with van der Waals surface area (Å²) in [5, 5.41) is 9.78. The standard InChI is InChI=1S/C14H22N4O3S/c1-2-22-8-5-11(15)13(20)14(21)18-17-12(19)9-10-3-6-16-7-4-10/h3-4,6-7,11,13,20H,2,5,8-9,15H2,1H3,(H,17,19)(H,18,21)/t11-,13?/m1/s1. The van der Waals surface area contributed by atoms with Gasteiger partial charge in [-0.2, -0.15) is 11.8 Å². The lowest BCUT2D eigenvalue weighted by Gasteiger charge is -2.18. The lowest BCUT2D eigenvalue weighted by atomic mass is 10.1. The van der Waals surface area contributed by atoms with Gasteiger partial charge in [0.1, 0.15) is 6.10 Å². The number of pyridine rings is 1. The summed E-state index contributed by atoms with van der Waals surface area (Å²) >= 11 is 1.69. The van der Waals surface area contributed by atoms with Gasteiger partial charge < -0.3 is 10.8 Å². The summed E-state index contributed by atoms with van der Waals surface area (Å²) in [6, 6.07) is 2.76. The van der Waals surface area contributed by atoms with Crippen LogP contribution < -0.4 is 16.6 Å². The van der Waals surface area contributed by atoms with E-state index in [-0.39, 0.29) is 12.3 Å². The van der Waals surface area contributed by atoms with E-state index in [4.69, 9.17) is 5.73 Å². The first kappa shape index (κ1) is 18.4. The average molecular weight is 326 g/mol. The number of hydrogen-bond donors (Lipinski definition) is 4. The second kappa shape index (κ2) is 10.1. The molecule has 1 heterocycles. The number of thioether (sulfide) groups is 1. The Balaban J connectivity index is 2.30. The van der Waals surface area contributed by atoms with Gasteiger partial charge in [0.25, 0.3) is 5.91 Å². The van der Waals surface area contributed by atoms with Crippen LogP contribution in [0.5, 0.6) is 0 Å². The Kier molecular flexibility index (Phi) is 8.49. The summed E-state index contributed by atoms with van der Waals surface area (Å²) in [5.74, 6) is 0.634. The predicted octanol–water partition coefficient (Wildman–Crippen LogP) is -0.397. The zero-order valence-corrected chi connectivity index (χ0v) is 13.3. The van der Waals surface area contributed by atoms with Crippen molar-refractivity contribution >= 4 is 23.6 Å². The smallest absolute Gasteiger partial charge is 0.268 e. The van der Waals surface area contributed by atoms with E-state index < -0.39 is 18.1 Å². The van der Waals surface area contributed by atoms with Gasteiger partial charge in [-0.05, 0) is 35.6 Å². The van der Waals surface area contributed by atoms with Crippen molar-refractivity contribution < 1.29 is 14.7 Å². The van der Waals surface area contributed by atoms with Crippen molar-refractivity contribution in [2.45, 2.75) is 31.9 Å². The lowest BCUT2D eigenvalue weighted by Crippen LogP contribution is -2.52. The average Bonchev–Trinajstić information content (AvgIpc) is 2.53. The molecular formula is C14H22N4O3S. The van der Waals surface area contributed by atoms with E-state index in [2.05, 4.69) is 15.8 Å². The number of carbonyl (C=O) groups excluding carboxylic acids is 2. The molecule has 0 aliphatic heterocycles. The third kappa shape index (κ3) is 6.88. The van der Waals surface area contributed by atoms with Crippen molar-refractivity contribution in [1.82, 2.24) is 15.8 Å². The van der Waals surface area contributed by atoms with E-state index in [1.807, 2.05) is 6.92 Å². The van der Waals surface area contributed by atoms with Crippen molar-refractivity contribution in [2.75, 3.05) is 11.5 Å². The predicted molar refractivity (Wildman–Crippen MR) is 85.8 cm³/mol. The number of aliphatic hydroxyl groups is 1. The number of rotatable bonds is 8. The monoisotopic (exact) mass is 326 g/mol. The molecule has 5 N–H and O–H groups in total. The minimum atomic E-state index is -1.35. The van der Waals surface area contributed by atoms with E-state index in [1.54, 1.807) is 36.3 Å². The van der Waals surface area contributed by atoms with Crippen LogP contribution in [-0.4, -0.2) is 45.6 Å². The van der Waals surface area contributed by atoms with Gasteiger partial charge in [-0.1, -0.05) is 6.92 Å². The van der Waals surface area contributed by atoms with Crippen molar-refractivity contribution in [2.24, 2.45) is 5.73 Å². The normalized spacial score (nSPS) is 13.2. The van der Waals surface area contributed by atoms with Crippen LogP contribution in [0.4, 0.5) is 0 Å². The Labute approximate surface area is 134 Å². The van der Waals surface area contributed by atoms with Crippen molar-refractivity contribution in [1.29, 1.82) is 0 Å². The second-order valence-electron chi connectivity index (χ2n) is 4.66. The molecule has 0 saturated carbocycles. The van der Waals surface area contributed by atoms with Crippen LogP contribution in [0.1, 0.15) is 18.9 Å². The molecule has 7 nitrogen and oxygen atoms in total. The molecule has 0 spiro atoms. The maximum atomic E-state index is 11.7. The number of hydrazine groups is 1. The molecule has 0 bridgehead atoms. The zero-order chi connectivity index (χ0) is 16.4. The maximum absolute atomic E-state index is 11.7. The minimum absolute atomic E-state index is 0.109. The Bertz CT molecular complexity index is 472. The number of amides is 2. The molecule has 22 heavy (non-hydrogen) atoms. The van der Waals surface area contributed by atoms with E-state index >= 15 is 0 Å². The Morgan fingerprint density at radius 3 is 2.68 bits per heavy atom. The number of nitrogens with zero attached hydrogens (tertiary/aromatic N) is 1. The molecular weight excluding hydrogens is 304 g/mol. The Morgan fingerprint density at radius 2 is 2.05 bits per heavy atom. The highest BCUT2D eigenvalue weighted by molar-refractivity contribution is 7.99. The summed E-state index contributed by atoms with van der Waals surface area (Å²) in [7, 11) is 0. The SMILES string of the molecule is CCSCC[C@@H](N)C(O)C(=O)NNC(=O)Cc1ccncc1. The van der Waals surface area contributed by atoms with E-state index in [0.29, 0.717) is 6.42 Å². The number of aliphatic hydroxyl groups excluding tert-OH is 1. The van der Waals surface area contributed by atoms with Crippen molar-refractivity contribution in [3.63, 3.8) is 0 Å². The van der Waals surface area contributed by atoms with Crippen molar-refractivity contribution in [3.05, 3.63) is 30.1 Å². The van der Waals surface area contributed by atoms with Gasteiger partial charge in [-0.3, -0.25) is 25.4 Å². The summed E-state index contributed by atoms with van der Waals surface area (Å²) in [6.07, 6.45) is 2.45. The summed E-state index contributed by atoms with van der Waals surface area (Å²) in [5.41, 5.74) is 11.0. The Hall–Kier alpha value is -1.64.